The average molecular weight is 153 g/mol. The Morgan fingerprint density at radius 2 is 1.78 bits per heavy atom. The fraction of sp³-hybridized carbons (Fsp3) is 0.667. The summed E-state index contributed by atoms with van der Waals surface area (Å²) in [5.41, 5.74) is 0. The highest BCUT2D eigenvalue weighted by molar-refractivity contribution is 6.17. The lowest BCUT2D eigenvalue weighted by atomic mass is 10.5. The minimum atomic E-state index is -0.125. The van der Waals surface area contributed by atoms with E-state index in [2.05, 4.69) is 6.58 Å². The fourth-order valence-electron chi connectivity index (χ4n) is 0.0772. The molecule has 0 atom stereocenters. The molecule has 0 rings (SSSR count). The monoisotopic (exact) mass is 152 g/mol. The van der Waals surface area contributed by atoms with Crippen LogP contribution in [0, 0.1) is 0 Å². The van der Waals surface area contributed by atoms with Crippen molar-refractivity contribution in [2.24, 2.45) is 0 Å². The summed E-state index contributed by atoms with van der Waals surface area (Å²) in [6, 6.07) is 0. The smallest absolute Gasteiger partial charge is 0.0662 e. The lowest BCUT2D eigenvalue weighted by molar-refractivity contribution is 0.186. The van der Waals surface area contributed by atoms with Crippen LogP contribution in [0.25, 0.3) is 0 Å². The zero-order valence-electron chi connectivity index (χ0n) is 5.39. The Balaban J connectivity index is 0. The van der Waals surface area contributed by atoms with E-state index in [0.29, 0.717) is 5.88 Å². The first kappa shape index (κ1) is 11.7. The number of allylic oxidation sites excluding steroid dienone is 1. The molecule has 9 heavy (non-hydrogen) atoms. The van der Waals surface area contributed by atoms with E-state index >= 15 is 0 Å². The van der Waals surface area contributed by atoms with Gasteiger partial charge in [-0.25, -0.2) is 0 Å². The number of hydrogen-bond donors (Lipinski definition) is 2. The molecular formula is C6H13ClO2. The van der Waals surface area contributed by atoms with Crippen LogP contribution in [0.4, 0.5) is 0 Å². The zero-order chi connectivity index (χ0) is 7.54. The first-order chi connectivity index (χ1) is 4.33. The zero-order valence-corrected chi connectivity index (χ0v) is 6.14. The van der Waals surface area contributed by atoms with Crippen molar-refractivity contribution in [2.75, 3.05) is 19.1 Å². The van der Waals surface area contributed by atoms with E-state index in [-0.39, 0.29) is 13.2 Å². The molecule has 0 heterocycles. The van der Waals surface area contributed by atoms with Crippen LogP contribution < -0.4 is 0 Å². The predicted octanol–water partition coefficient (Wildman–Crippen LogP) is 0.772. The van der Waals surface area contributed by atoms with Gasteiger partial charge in [-0.2, -0.15) is 0 Å². The molecule has 0 bridgehead atoms. The Morgan fingerprint density at radius 3 is 1.78 bits per heavy atom. The summed E-state index contributed by atoms with van der Waals surface area (Å²) in [4.78, 5) is 0. The molecule has 0 radical (unpaired) electrons. The van der Waals surface area contributed by atoms with Crippen LogP contribution in [0.3, 0.4) is 0 Å². The van der Waals surface area contributed by atoms with Crippen molar-refractivity contribution in [3.05, 3.63) is 12.7 Å². The Labute approximate surface area is 60.8 Å². The van der Waals surface area contributed by atoms with Crippen LogP contribution in [-0.2, 0) is 0 Å². The first-order valence-electron chi connectivity index (χ1n) is 2.72. The number of hydrogen-bond acceptors (Lipinski definition) is 2. The van der Waals surface area contributed by atoms with Gasteiger partial charge in [0.2, 0.25) is 0 Å². The minimum absolute atomic E-state index is 0.125. The molecule has 0 unspecified atom stereocenters. The highest BCUT2D eigenvalue weighted by Crippen LogP contribution is 1.80. The number of rotatable bonds is 3. The number of alkyl halides is 1. The summed E-state index contributed by atoms with van der Waals surface area (Å²) in [5.74, 6) is 0.698. The first-order valence-corrected chi connectivity index (χ1v) is 3.25. The quantitative estimate of drug-likeness (QED) is 0.464. The van der Waals surface area contributed by atoms with Gasteiger partial charge in [-0.3, -0.25) is 0 Å². The lowest BCUT2D eigenvalue weighted by Crippen LogP contribution is -1.85. The Morgan fingerprint density at radius 1 is 1.33 bits per heavy atom. The summed E-state index contributed by atoms with van der Waals surface area (Å²) in [6.07, 6.45) is 2.72. The van der Waals surface area contributed by atoms with Crippen LogP contribution in [0.5, 0.6) is 0 Å². The van der Waals surface area contributed by atoms with Gasteiger partial charge in [0.25, 0.3) is 0 Å². The standard InChI is InChI=1S/C4H7Cl.C2H6O2/c1-2-3-4-5;3-1-2-4/h2H,1,3-4H2;3-4H,1-2H2. The van der Waals surface area contributed by atoms with E-state index in [0.717, 1.165) is 6.42 Å². The van der Waals surface area contributed by atoms with Gasteiger partial charge in [0, 0.05) is 5.88 Å². The summed E-state index contributed by atoms with van der Waals surface area (Å²) in [6.45, 7) is 3.22. The summed E-state index contributed by atoms with van der Waals surface area (Å²) in [5, 5.41) is 15.2. The van der Waals surface area contributed by atoms with Crippen molar-refractivity contribution in [1.82, 2.24) is 0 Å². The molecule has 0 saturated heterocycles. The summed E-state index contributed by atoms with van der Waals surface area (Å²) in [7, 11) is 0. The fourth-order valence-corrected chi connectivity index (χ4v) is 0.231. The Kier molecular flexibility index (Phi) is 20.4. The third kappa shape index (κ3) is 32.3. The average Bonchev–Trinajstić information content (AvgIpc) is 1.91. The van der Waals surface area contributed by atoms with Crippen molar-refractivity contribution in [3.8, 4) is 0 Å². The molecule has 2 N–H and O–H groups in total. The molecule has 0 aliphatic carbocycles. The SMILES string of the molecule is C=CCCCl.OCCO. The number of aliphatic hydroxyl groups excluding tert-OH is 2. The molecule has 0 aromatic carbocycles. The van der Waals surface area contributed by atoms with Crippen molar-refractivity contribution in [3.63, 3.8) is 0 Å². The normalized spacial score (nSPS) is 7.44. The minimum Gasteiger partial charge on any atom is -0.394 e. The largest absolute Gasteiger partial charge is 0.394 e. The second-order valence-electron chi connectivity index (χ2n) is 1.21. The van der Waals surface area contributed by atoms with Gasteiger partial charge in [0.15, 0.2) is 0 Å². The third-order valence-electron chi connectivity index (χ3n) is 0.413. The van der Waals surface area contributed by atoms with Gasteiger partial charge in [-0.05, 0) is 6.42 Å². The number of aliphatic hydroxyl groups is 2. The topological polar surface area (TPSA) is 40.5 Å². The maximum absolute atomic E-state index is 7.62. The van der Waals surface area contributed by atoms with Crippen LogP contribution in [0.15, 0.2) is 12.7 Å². The molecule has 0 fully saturated rings. The van der Waals surface area contributed by atoms with Gasteiger partial charge in [-0.1, -0.05) is 6.08 Å². The van der Waals surface area contributed by atoms with Crippen molar-refractivity contribution < 1.29 is 10.2 Å². The summed E-state index contributed by atoms with van der Waals surface area (Å²) >= 11 is 5.23. The predicted molar refractivity (Wildman–Crippen MR) is 39.7 cm³/mol. The van der Waals surface area contributed by atoms with Gasteiger partial charge in [0.05, 0.1) is 13.2 Å². The maximum atomic E-state index is 7.62. The van der Waals surface area contributed by atoms with Gasteiger partial charge >= 0.3 is 0 Å². The molecule has 0 aliphatic heterocycles. The van der Waals surface area contributed by atoms with Crippen LogP contribution in [0.2, 0.25) is 0 Å². The third-order valence-corrected chi connectivity index (χ3v) is 0.631. The van der Waals surface area contributed by atoms with Crippen molar-refractivity contribution >= 4 is 11.6 Å². The Bertz CT molecular complexity index is 46.3. The van der Waals surface area contributed by atoms with Gasteiger partial charge in [-0.15, -0.1) is 18.2 Å². The molecule has 0 aromatic rings. The highest BCUT2D eigenvalue weighted by atomic mass is 35.5. The molecule has 0 spiro atoms. The summed E-state index contributed by atoms with van der Waals surface area (Å²) < 4.78 is 0. The lowest BCUT2D eigenvalue weighted by Gasteiger charge is -1.70. The van der Waals surface area contributed by atoms with E-state index in [1.54, 1.807) is 6.08 Å². The molecular weight excluding hydrogens is 140 g/mol. The molecule has 0 aliphatic rings. The second kappa shape index (κ2) is 15.7. The number of halogens is 1. The maximum Gasteiger partial charge on any atom is 0.0662 e. The molecule has 0 aromatic heterocycles. The highest BCUT2D eigenvalue weighted by Gasteiger charge is 1.64. The van der Waals surface area contributed by atoms with E-state index < -0.39 is 0 Å². The van der Waals surface area contributed by atoms with E-state index in [1.165, 1.54) is 0 Å². The van der Waals surface area contributed by atoms with Crippen molar-refractivity contribution in [2.45, 2.75) is 6.42 Å². The van der Waals surface area contributed by atoms with Crippen LogP contribution >= 0.6 is 11.6 Å². The van der Waals surface area contributed by atoms with E-state index in [4.69, 9.17) is 21.8 Å². The van der Waals surface area contributed by atoms with Gasteiger partial charge < -0.3 is 10.2 Å². The van der Waals surface area contributed by atoms with Gasteiger partial charge in [0.1, 0.15) is 0 Å². The second-order valence-corrected chi connectivity index (χ2v) is 1.59. The Hall–Kier alpha value is -0.0500. The molecule has 0 saturated carbocycles. The molecule has 56 valence electrons. The molecule has 0 amide bonds. The van der Waals surface area contributed by atoms with E-state index in [9.17, 15) is 0 Å². The van der Waals surface area contributed by atoms with Crippen molar-refractivity contribution in [1.29, 1.82) is 0 Å². The molecule has 2 nitrogen and oxygen atoms in total. The van der Waals surface area contributed by atoms with Crippen LogP contribution in [0.1, 0.15) is 6.42 Å². The molecule has 3 heteroatoms. The van der Waals surface area contributed by atoms with Crippen LogP contribution in [-0.4, -0.2) is 29.3 Å². The van der Waals surface area contributed by atoms with E-state index in [1.807, 2.05) is 0 Å².